The van der Waals surface area contributed by atoms with Crippen LogP contribution in [0.3, 0.4) is 0 Å². The molecule has 1 aliphatic heterocycles. The average Bonchev–Trinajstić information content (AvgIpc) is 2.39. The minimum absolute atomic E-state index is 0.535. The number of fused-ring (bicyclic) bond motifs is 1. The molecule has 0 unspecified atom stereocenters. The molecule has 0 spiro atoms. The lowest BCUT2D eigenvalue weighted by Gasteiger charge is -2.19. The second-order valence-corrected chi connectivity index (χ2v) is 4.91. The Kier molecular flexibility index (Phi) is 2.50. The van der Waals surface area contributed by atoms with Crippen molar-refractivity contribution in [3.63, 3.8) is 0 Å². The maximum Gasteiger partial charge on any atom is 0.401 e. The van der Waals surface area contributed by atoms with Gasteiger partial charge in [0.25, 0.3) is 0 Å². The molecule has 82 valence electrons. The Morgan fingerprint density at radius 1 is 1.14 bits per heavy atom. The van der Waals surface area contributed by atoms with Crippen molar-refractivity contribution in [2.45, 2.75) is 25.9 Å². The highest BCUT2D eigenvalue weighted by molar-refractivity contribution is 4.91. The number of hydrogen-bond donors (Lipinski definition) is 0. The van der Waals surface area contributed by atoms with Crippen LogP contribution in [0.5, 0.6) is 0 Å². The van der Waals surface area contributed by atoms with Crippen molar-refractivity contribution < 1.29 is 13.2 Å². The molecule has 2 fully saturated rings. The Morgan fingerprint density at radius 2 is 1.64 bits per heavy atom. The van der Waals surface area contributed by atoms with Crippen molar-refractivity contribution >= 4 is 0 Å². The first-order chi connectivity index (χ1) is 6.44. The van der Waals surface area contributed by atoms with Crippen molar-refractivity contribution in [2.75, 3.05) is 19.6 Å². The van der Waals surface area contributed by atoms with Crippen LogP contribution in [0.1, 0.15) is 19.8 Å². The van der Waals surface area contributed by atoms with Gasteiger partial charge in [0, 0.05) is 13.1 Å². The highest BCUT2D eigenvalue weighted by atomic mass is 19.4. The predicted octanol–water partition coefficient (Wildman–Crippen LogP) is 2.53. The molecule has 4 heteroatoms. The third kappa shape index (κ3) is 2.22. The first-order valence-electron chi connectivity index (χ1n) is 5.23. The molecule has 0 amide bonds. The van der Waals surface area contributed by atoms with Crippen LogP contribution in [0.15, 0.2) is 0 Å². The molecule has 1 heterocycles. The maximum absolute atomic E-state index is 12.1. The highest BCUT2D eigenvalue weighted by Crippen LogP contribution is 2.41. The number of halogens is 3. The number of likely N-dealkylation sites (tertiary alicyclic amines) is 1. The van der Waals surface area contributed by atoms with Gasteiger partial charge in [-0.1, -0.05) is 6.92 Å². The fraction of sp³-hybridized carbons (Fsp3) is 1.00. The minimum Gasteiger partial charge on any atom is -0.294 e. The summed E-state index contributed by atoms with van der Waals surface area (Å²) in [6.07, 6.45) is -1.78. The van der Waals surface area contributed by atoms with Gasteiger partial charge in [-0.05, 0) is 30.6 Å². The monoisotopic (exact) mass is 207 g/mol. The quantitative estimate of drug-likeness (QED) is 0.638. The van der Waals surface area contributed by atoms with Crippen molar-refractivity contribution in [3.05, 3.63) is 0 Å². The molecule has 0 aromatic heterocycles. The summed E-state index contributed by atoms with van der Waals surface area (Å²) in [6, 6.07) is 0. The number of alkyl halides is 3. The van der Waals surface area contributed by atoms with Gasteiger partial charge in [0.05, 0.1) is 6.54 Å². The fourth-order valence-electron chi connectivity index (χ4n) is 3.08. The molecule has 0 aromatic rings. The van der Waals surface area contributed by atoms with Gasteiger partial charge in [-0.25, -0.2) is 0 Å². The Hall–Kier alpha value is -0.250. The number of hydrogen-bond acceptors (Lipinski definition) is 1. The summed E-state index contributed by atoms with van der Waals surface area (Å²) in [5.41, 5.74) is 0. The largest absolute Gasteiger partial charge is 0.401 e. The van der Waals surface area contributed by atoms with E-state index in [4.69, 9.17) is 0 Å². The minimum atomic E-state index is -4.02. The van der Waals surface area contributed by atoms with Gasteiger partial charge >= 0.3 is 6.18 Å². The molecule has 1 nitrogen and oxygen atoms in total. The number of nitrogens with zero attached hydrogens (tertiary/aromatic N) is 1. The van der Waals surface area contributed by atoms with E-state index in [1.165, 1.54) is 0 Å². The molecule has 0 radical (unpaired) electrons. The molecular weight excluding hydrogens is 191 g/mol. The number of rotatable bonds is 1. The van der Waals surface area contributed by atoms with E-state index in [0.29, 0.717) is 24.9 Å². The summed E-state index contributed by atoms with van der Waals surface area (Å²) in [7, 11) is 0. The van der Waals surface area contributed by atoms with E-state index in [1.54, 1.807) is 4.90 Å². The smallest absolute Gasteiger partial charge is 0.294 e. The Morgan fingerprint density at radius 3 is 2.07 bits per heavy atom. The first-order valence-corrected chi connectivity index (χ1v) is 5.23. The van der Waals surface area contributed by atoms with Crippen molar-refractivity contribution in [3.8, 4) is 0 Å². The molecule has 2 aliphatic rings. The van der Waals surface area contributed by atoms with Crippen LogP contribution in [0.2, 0.25) is 0 Å². The summed E-state index contributed by atoms with van der Waals surface area (Å²) in [6.45, 7) is 2.81. The van der Waals surface area contributed by atoms with Gasteiger partial charge in [-0.15, -0.1) is 0 Å². The average molecular weight is 207 g/mol. The van der Waals surface area contributed by atoms with Crippen LogP contribution in [0, 0.1) is 17.8 Å². The predicted molar refractivity (Wildman–Crippen MR) is 47.9 cm³/mol. The normalized spacial score (nSPS) is 39.0. The van der Waals surface area contributed by atoms with Crippen LogP contribution in [0.4, 0.5) is 13.2 Å². The first kappa shape index (κ1) is 10.3. The summed E-state index contributed by atoms with van der Waals surface area (Å²) in [4.78, 5) is 1.57. The molecule has 0 aromatic carbocycles. The molecule has 1 aliphatic carbocycles. The van der Waals surface area contributed by atoms with Crippen LogP contribution in [-0.4, -0.2) is 30.7 Å². The van der Waals surface area contributed by atoms with Crippen LogP contribution in [-0.2, 0) is 0 Å². The molecule has 1 saturated heterocycles. The summed E-state index contributed by atoms with van der Waals surface area (Å²) >= 11 is 0. The van der Waals surface area contributed by atoms with E-state index in [1.807, 2.05) is 0 Å². The topological polar surface area (TPSA) is 3.24 Å². The van der Waals surface area contributed by atoms with E-state index in [9.17, 15) is 13.2 Å². The second kappa shape index (κ2) is 3.40. The maximum atomic E-state index is 12.1. The van der Waals surface area contributed by atoms with E-state index >= 15 is 0 Å². The Bertz CT molecular complexity index is 200. The molecular formula is C10H16F3N. The summed E-state index contributed by atoms with van der Waals surface area (Å²) < 4.78 is 36.4. The van der Waals surface area contributed by atoms with Crippen molar-refractivity contribution in [2.24, 2.45) is 17.8 Å². The van der Waals surface area contributed by atoms with Crippen LogP contribution >= 0.6 is 0 Å². The van der Waals surface area contributed by atoms with Gasteiger partial charge < -0.3 is 0 Å². The van der Waals surface area contributed by atoms with Gasteiger partial charge in [-0.2, -0.15) is 13.2 Å². The molecule has 3 atom stereocenters. The molecule has 1 saturated carbocycles. The van der Waals surface area contributed by atoms with Crippen molar-refractivity contribution in [1.82, 2.24) is 4.90 Å². The van der Waals surface area contributed by atoms with Gasteiger partial charge in [0.2, 0.25) is 0 Å². The van der Waals surface area contributed by atoms with Gasteiger partial charge in [0.15, 0.2) is 0 Å². The molecule has 0 bridgehead atoms. The Balaban J connectivity index is 1.86. The lowest BCUT2D eigenvalue weighted by molar-refractivity contribution is -0.144. The zero-order valence-corrected chi connectivity index (χ0v) is 8.35. The summed E-state index contributed by atoms with van der Waals surface area (Å²) in [5.74, 6) is 1.79. The van der Waals surface area contributed by atoms with Crippen molar-refractivity contribution in [1.29, 1.82) is 0 Å². The summed E-state index contributed by atoms with van der Waals surface area (Å²) in [5, 5.41) is 0. The lowest BCUT2D eigenvalue weighted by Crippen LogP contribution is -2.33. The zero-order chi connectivity index (χ0) is 10.3. The van der Waals surface area contributed by atoms with E-state index < -0.39 is 12.7 Å². The molecule has 14 heavy (non-hydrogen) atoms. The molecule has 0 N–H and O–H groups in total. The van der Waals surface area contributed by atoms with E-state index in [-0.39, 0.29) is 0 Å². The SMILES string of the molecule is C[C@@H]1C[C@@H]2CN(CC(F)(F)F)C[C@@H]2C1. The molecule has 2 rings (SSSR count). The van der Waals surface area contributed by atoms with Gasteiger partial charge in [0.1, 0.15) is 0 Å². The lowest BCUT2D eigenvalue weighted by atomic mass is 10.0. The third-order valence-electron chi connectivity index (χ3n) is 3.47. The fourth-order valence-corrected chi connectivity index (χ4v) is 3.08. The third-order valence-corrected chi connectivity index (χ3v) is 3.47. The second-order valence-electron chi connectivity index (χ2n) is 4.91. The Labute approximate surface area is 82.3 Å². The van der Waals surface area contributed by atoms with E-state index in [0.717, 1.165) is 18.8 Å². The highest BCUT2D eigenvalue weighted by Gasteiger charge is 2.42. The van der Waals surface area contributed by atoms with Gasteiger partial charge in [-0.3, -0.25) is 4.90 Å². The van der Waals surface area contributed by atoms with Crippen LogP contribution < -0.4 is 0 Å². The van der Waals surface area contributed by atoms with Crippen LogP contribution in [0.25, 0.3) is 0 Å². The van der Waals surface area contributed by atoms with E-state index in [2.05, 4.69) is 6.92 Å². The standard InChI is InChI=1S/C10H16F3N/c1-7-2-8-4-14(5-9(8)3-7)6-10(11,12)13/h7-9H,2-6H2,1H3/t7-,8-,9+. The zero-order valence-electron chi connectivity index (χ0n) is 8.35.